The minimum Gasteiger partial charge on any atom is -0.449 e. The van der Waals surface area contributed by atoms with Crippen LogP contribution in [0.3, 0.4) is 0 Å². The molecule has 0 radical (unpaired) electrons. The standard InChI is InChI=1S/C19H19N3O2/c1-12-6-7-17-15(22-12)10-18(24-17)19(23)21-11-16-14-5-3-2-4-13(14)8-9-20-16/h2-7,10,16,20H,8-9,11H2,1H3,(H,21,23). The lowest BCUT2D eigenvalue weighted by atomic mass is 9.94. The number of furan rings is 1. The van der Waals surface area contributed by atoms with E-state index >= 15 is 0 Å². The summed E-state index contributed by atoms with van der Waals surface area (Å²) in [4.78, 5) is 16.8. The van der Waals surface area contributed by atoms with E-state index in [9.17, 15) is 4.79 Å². The number of amides is 1. The van der Waals surface area contributed by atoms with Crippen LogP contribution >= 0.6 is 0 Å². The lowest BCUT2D eigenvalue weighted by molar-refractivity contribution is 0.0923. The third kappa shape index (κ3) is 2.78. The second-order valence-corrected chi connectivity index (χ2v) is 6.11. The molecular formula is C19H19N3O2. The number of rotatable bonds is 3. The number of carbonyl (C=O) groups excluding carboxylic acids is 1. The van der Waals surface area contributed by atoms with Gasteiger partial charge in [-0.2, -0.15) is 0 Å². The van der Waals surface area contributed by atoms with Crippen LogP contribution in [-0.4, -0.2) is 24.0 Å². The number of fused-ring (bicyclic) bond motifs is 2. The monoisotopic (exact) mass is 321 g/mol. The fourth-order valence-corrected chi connectivity index (χ4v) is 3.19. The molecule has 2 N–H and O–H groups in total. The van der Waals surface area contributed by atoms with E-state index in [0.29, 0.717) is 23.4 Å². The summed E-state index contributed by atoms with van der Waals surface area (Å²) in [6.45, 7) is 3.36. The Bertz CT molecular complexity index is 901. The van der Waals surface area contributed by atoms with Crippen molar-refractivity contribution in [1.29, 1.82) is 0 Å². The van der Waals surface area contributed by atoms with Crippen LogP contribution < -0.4 is 10.6 Å². The molecule has 5 heteroatoms. The molecule has 5 nitrogen and oxygen atoms in total. The van der Waals surface area contributed by atoms with Gasteiger partial charge in [0.15, 0.2) is 11.3 Å². The molecule has 1 aliphatic rings. The molecule has 0 saturated carbocycles. The molecule has 3 heterocycles. The Morgan fingerprint density at radius 3 is 3.12 bits per heavy atom. The van der Waals surface area contributed by atoms with E-state index in [1.54, 1.807) is 6.07 Å². The van der Waals surface area contributed by atoms with Gasteiger partial charge in [0.2, 0.25) is 0 Å². The molecular weight excluding hydrogens is 302 g/mol. The van der Waals surface area contributed by atoms with Crippen molar-refractivity contribution in [3.05, 3.63) is 65.0 Å². The Balaban J connectivity index is 1.48. The molecule has 0 fully saturated rings. The van der Waals surface area contributed by atoms with Crippen LogP contribution in [0.4, 0.5) is 0 Å². The smallest absolute Gasteiger partial charge is 0.287 e. The van der Waals surface area contributed by atoms with Crippen molar-refractivity contribution >= 4 is 17.0 Å². The molecule has 4 rings (SSSR count). The highest BCUT2D eigenvalue weighted by Crippen LogP contribution is 2.22. The summed E-state index contributed by atoms with van der Waals surface area (Å²) in [5, 5.41) is 6.42. The van der Waals surface area contributed by atoms with E-state index in [1.165, 1.54) is 11.1 Å². The fourth-order valence-electron chi connectivity index (χ4n) is 3.19. The molecule has 0 spiro atoms. The molecule has 1 atom stereocenters. The van der Waals surface area contributed by atoms with Gasteiger partial charge in [-0.25, -0.2) is 4.98 Å². The summed E-state index contributed by atoms with van der Waals surface area (Å²) in [5.41, 5.74) is 4.84. The van der Waals surface area contributed by atoms with Gasteiger partial charge in [0, 0.05) is 24.3 Å². The minimum absolute atomic E-state index is 0.128. The number of nitrogens with one attached hydrogen (secondary N) is 2. The lowest BCUT2D eigenvalue weighted by Crippen LogP contribution is -2.38. The highest BCUT2D eigenvalue weighted by atomic mass is 16.3. The predicted octanol–water partition coefficient (Wildman–Crippen LogP) is 2.75. The van der Waals surface area contributed by atoms with E-state index < -0.39 is 0 Å². The van der Waals surface area contributed by atoms with Gasteiger partial charge >= 0.3 is 0 Å². The average molecular weight is 321 g/mol. The third-order valence-electron chi connectivity index (χ3n) is 4.42. The van der Waals surface area contributed by atoms with Crippen molar-refractivity contribution in [2.75, 3.05) is 13.1 Å². The van der Waals surface area contributed by atoms with Gasteiger partial charge in [-0.1, -0.05) is 24.3 Å². The normalized spacial score (nSPS) is 16.8. The first-order valence-corrected chi connectivity index (χ1v) is 8.17. The second-order valence-electron chi connectivity index (χ2n) is 6.11. The Kier molecular flexibility index (Phi) is 3.78. The summed E-state index contributed by atoms with van der Waals surface area (Å²) >= 11 is 0. The summed E-state index contributed by atoms with van der Waals surface area (Å²) in [7, 11) is 0. The zero-order valence-corrected chi connectivity index (χ0v) is 13.5. The van der Waals surface area contributed by atoms with E-state index in [1.807, 2.05) is 25.1 Å². The van der Waals surface area contributed by atoms with Crippen LogP contribution in [0.2, 0.25) is 0 Å². The lowest BCUT2D eigenvalue weighted by Gasteiger charge is -2.26. The van der Waals surface area contributed by atoms with Crippen LogP contribution in [0.25, 0.3) is 11.1 Å². The molecule has 1 unspecified atom stereocenters. The molecule has 0 saturated heterocycles. The number of hydrogen-bond acceptors (Lipinski definition) is 4. The first kappa shape index (κ1) is 14.9. The topological polar surface area (TPSA) is 67.2 Å². The van der Waals surface area contributed by atoms with Gasteiger partial charge in [0.25, 0.3) is 5.91 Å². The van der Waals surface area contributed by atoms with E-state index in [-0.39, 0.29) is 11.9 Å². The largest absolute Gasteiger partial charge is 0.449 e. The number of carbonyl (C=O) groups is 1. The number of aromatic nitrogens is 1. The molecule has 3 aromatic rings. The maximum atomic E-state index is 12.4. The van der Waals surface area contributed by atoms with Crippen LogP contribution in [-0.2, 0) is 6.42 Å². The zero-order chi connectivity index (χ0) is 16.5. The maximum absolute atomic E-state index is 12.4. The van der Waals surface area contributed by atoms with E-state index in [4.69, 9.17) is 4.42 Å². The van der Waals surface area contributed by atoms with Crippen LogP contribution in [0.1, 0.15) is 33.4 Å². The molecule has 1 aliphatic heterocycles. The van der Waals surface area contributed by atoms with Gasteiger partial charge in [0.05, 0.1) is 0 Å². The molecule has 0 bridgehead atoms. The molecule has 1 amide bonds. The van der Waals surface area contributed by atoms with Crippen molar-refractivity contribution in [2.45, 2.75) is 19.4 Å². The molecule has 1 aromatic carbocycles. The number of hydrogen-bond donors (Lipinski definition) is 2. The van der Waals surface area contributed by atoms with Crippen molar-refractivity contribution in [3.63, 3.8) is 0 Å². The van der Waals surface area contributed by atoms with Crippen molar-refractivity contribution in [1.82, 2.24) is 15.6 Å². The Morgan fingerprint density at radius 1 is 1.33 bits per heavy atom. The van der Waals surface area contributed by atoms with Crippen molar-refractivity contribution in [2.24, 2.45) is 0 Å². The van der Waals surface area contributed by atoms with Crippen molar-refractivity contribution < 1.29 is 9.21 Å². The Hall–Kier alpha value is -2.66. The van der Waals surface area contributed by atoms with Crippen LogP contribution in [0, 0.1) is 6.92 Å². The maximum Gasteiger partial charge on any atom is 0.287 e. The predicted molar refractivity (Wildman–Crippen MR) is 92.0 cm³/mol. The quantitative estimate of drug-likeness (QED) is 0.778. The van der Waals surface area contributed by atoms with Crippen molar-refractivity contribution in [3.8, 4) is 0 Å². The van der Waals surface area contributed by atoms with Gasteiger partial charge in [-0.3, -0.25) is 4.79 Å². The summed E-state index contributed by atoms with van der Waals surface area (Å²) < 4.78 is 5.60. The number of nitrogens with zero attached hydrogens (tertiary/aromatic N) is 1. The first-order valence-electron chi connectivity index (χ1n) is 8.17. The van der Waals surface area contributed by atoms with Gasteiger partial charge in [-0.05, 0) is 43.1 Å². The van der Waals surface area contributed by atoms with E-state index in [2.05, 4.69) is 33.8 Å². The van der Waals surface area contributed by atoms with Gasteiger partial charge in [-0.15, -0.1) is 0 Å². The highest BCUT2D eigenvalue weighted by molar-refractivity contribution is 5.95. The number of benzene rings is 1. The summed E-state index contributed by atoms with van der Waals surface area (Å²) in [6.07, 6.45) is 1.02. The Morgan fingerprint density at radius 2 is 2.21 bits per heavy atom. The SMILES string of the molecule is Cc1ccc2oc(C(=O)NCC3NCCc4ccccc43)cc2n1. The summed E-state index contributed by atoms with van der Waals surface area (Å²) in [5.74, 6) is 0.0858. The number of pyridine rings is 1. The third-order valence-corrected chi connectivity index (χ3v) is 4.42. The second kappa shape index (κ2) is 6.09. The summed E-state index contributed by atoms with van der Waals surface area (Å²) in [6, 6.07) is 13.9. The molecule has 2 aromatic heterocycles. The molecule has 24 heavy (non-hydrogen) atoms. The molecule has 122 valence electrons. The minimum atomic E-state index is -0.212. The molecule has 0 aliphatic carbocycles. The van der Waals surface area contributed by atoms with Crippen LogP contribution in [0.15, 0.2) is 46.9 Å². The highest BCUT2D eigenvalue weighted by Gasteiger charge is 2.21. The number of aryl methyl sites for hydroxylation is 1. The Labute approximate surface area is 140 Å². The van der Waals surface area contributed by atoms with Gasteiger partial charge in [0.1, 0.15) is 5.52 Å². The van der Waals surface area contributed by atoms with E-state index in [0.717, 1.165) is 18.7 Å². The first-order chi connectivity index (χ1) is 11.7. The average Bonchev–Trinajstić information content (AvgIpc) is 3.03. The zero-order valence-electron chi connectivity index (χ0n) is 13.5. The fraction of sp³-hybridized carbons (Fsp3) is 0.263. The van der Waals surface area contributed by atoms with Gasteiger partial charge < -0.3 is 15.1 Å². The van der Waals surface area contributed by atoms with Crippen LogP contribution in [0.5, 0.6) is 0 Å².